The van der Waals surface area contributed by atoms with Gasteiger partial charge in [-0.2, -0.15) is 18.3 Å². The predicted octanol–water partition coefficient (Wildman–Crippen LogP) is 6.12. The highest BCUT2D eigenvalue weighted by Gasteiger charge is 2.34. The fourth-order valence-electron chi connectivity index (χ4n) is 5.42. The molecule has 0 bridgehead atoms. The summed E-state index contributed by atoms with van der Waals surface area (Å²) in [6, 6.07) is 10.7. The maximum Gasteiger partial charge on any atom is 0.416 e. The molecule has 1 aliphatic heterocycles. The number of nitrogens with one attached hydrogen (secondary N) is 2. The van der Waals surface area contributed by atoms with Crippen molar-refractivity contribution in [2.45, 2.75) is 43.8 Å². The molecule has 2 amide bonds. The average Bonchev–Trinajstić information content (AvgIpc) is 3.70. The zero-order valence-corrected chi connectivity index (χ0v) is 21.4. The molecular weight excluding hydrogens is 526 g/mol. The lowest BCUT2D eigenvalue weighted by Crippen LogP contribution is -2.34. The first-order chi connectivity index (χ1) is 19.2. The topological polar surface area (TPSA) is 101 Å². The number of halogens is 4. The molecule has 0 atom stereocenters. The van der Waals surface area contributed by atoms with Crippen LogP contribution in [-0.4, -0.2) is 44.7 Å². The third kappa shape index (κ3) is 5.18. The minimum atomic E-state index is -4.66. The van der Waals surface area contributed by atoms with Crippen LogP contribution < -0.4 is 16.4 Å². The van der Waals surface area contributed by atoms with E-state index in [1.165, 1.54) is 19.2 Å². The molecule has 2 aromatic carbocycles. The Bertz CT molecular complexity index is 1560. The standard InChI is InChI=1S/C28H27F4N7O/c29-22-8-3-18(28(30,31)32)13-23(22)37-27(40)36-19-4-1-16(2-5-19)21-14-24(39-25(21)26(33)34-15-35-39)17-9-11-38(12-10-17)20-6-7-20/h1-5,8,13-15,17,20H,6-7,9-12H2,(H2,33,34,35)(H2,36,37,40). The smallest absolute Gasteiger partial charge is 0.382 e. The van der Waals surface area contributed by atoms with E-state index in [1.54, 1.807) is 24.3 Å². The van der Waals surface area contributed by atoms with Crippen molar-refractivity contribution >= 4 is 28.7 Å². The number of hydrogen-bond donors (Lipinski definition) is 3. The minimum Gasteiger partial charge on any atom is -0.382 e. The number of carbonyl (C=O) groups is 1. The molecule has 1 saturated heterocycles. The van der Waals surface area contributed by atoms with Crippen molar-refractivity contribution in [3.05, 3.63) is 71.9 Å². The first kappa shape index (κ1) is 26.1. The third-order valence-electron chi connectivity index (χ3n) is 7.62. The van der Waals surface area contributed by atoms with Gasteiger partial charge in [-0.3, -0.25) is 0 Å². The summed E-state index contributed by atoms with van der Waals surface area (Å²) in [5.74, 6) is -0.282. The number of nitrogen functional groups attached to an aromatic ring is 1. The Hall–Kier alpha value is -4.19. The molecule has 40 heavy (non-hydrogen) atoms. The van der Waals surface area contributed by atoms with E-state index in [0.29, 0.717) is 41.1 Å². The van der Waals surface area contributed by atoms with Crippen LogP contribution in [0.25, 0.3) is 16.6 Å². The van der Waals surface area contributed by atoms with Crippen molar-refractivity contribution in [1.82, 2.24) is 19.5 Å². The molecule has 0 radical (unpaired) electrons. The highest BCUT2D eigenvalue weighted by atomic mass is 19.4. The van der Waals surface area contributed by atoms with Crippen molar-refractivity contribution in [3.63, 3.8) is 0 Å². The van der Waals surface area contributed by atoms with Crippen molar-refractivity contribution in [3.8, 4) is 11.1 Å². The van der Waals surface area contributed by atoms with Gasteiger partial charge >= 0.3 is 12.2 Å². The molecule has 1 aliphatic carbocycles. The fraction of sp³-hybridized carbons (Fsp3) is 0.321. The van der Waals surface area contributed by atoms with Crippen molar-refractivity contribution in [2.75, 3.05) is 29.5 Å². The predicted molar refractivity (Wildman–Crippen MR) is 143 cm³/mol. The number of anilines is 3. The Balaban J connectivity index is 1.20. The summed E-state index contributed by atoms with van der Waals surface area (Å²) in [7, 11) is 0. The zero-order valence-electron chi connectivity index (χ0n) is 21.4. The number of likely N-dealkylation sites (tertiary alicyclic amines) is 1. The molecule has 0 spiro atoms. The second-order valence-corrected chi connectivity index (χ2v) is 10.3. The van der Waals surface area contributed by atoms with Crippen LogP contribution in [-0.2, 0) is 6.18 Å². The Morgan fingerprint density at radius 3 is 2.38 bits per heavy atom. The molecule has 3 heterocycles. The molecule has 2 aromatic heterocycles. The van der Waals surface area contributed by atoms with E-state index in [9.17, 15) is 22.4 Å². The minimum absolute atomic E-state index is 0.339. The highest BCUT2D eigenvalue weighted by molar-refractivity contribution is 6.00. The largest absolute Gasteiger partial charge is 0.416 e. The monoisotopic (exact) mass is 553 g/mol. The van der Waals surface area contributed by atoms with E-state index in [0.717, 1.165) is 48.8 Å². The molecule has 1 saturated carbocycles. The number of rotatable bonds is 5. The van der Waals surface area contributed by atoms with Crippen molar-refractivity contribution < 1.29 is 22.4 Å². The number of amides is 2. The van der Waals surface area contributed by atoms with E-state index in [-0.39, 0.29) is 0 Å². The van der Waals surface area contributed by atoms with Gasteiger partial charge in [-0.15, -0.1) is 0 Å². The summed E-state index contributed by atoms with van der Waals surface area (Å²) in [6.07, 6.45) is 1.45. The molecular formula is C28H27F4N7O. The van der Waals surface area contributed by atoms with Gasteiger partial charge in [0.15, 0.2) is 5.82 Å². The number of alkyl halides is 3. The second-order valence-electron chi connectivity index (χ2n) is 10.3. The molecule has 12 heteroatoms. The van der Waals surface area contributed by atoms with Gasteiger partial charge in [0.2, 0.25) is 0 Å². The summed E-state index contributed by atoms with van der Waals surface area (Å²) in [5.41, 5.74) is 8.49. The summed E-state index contributed by atoms with van der Waals surface area (Å²) in [4.78, 5) is 19.2. The van der Waals surface area contributed by atoms with Gasteiger partial charge in [-0.25, -0.2) is 18.7 Å². The van der Waals surface area contributed by atoms with Gasteiger partial charge in [-0.1, -0.05) is 12.1 Å². The third-order valence-corrected chi connectivity index (χ3v) is 7.62. The Morgan fingerprint density at radius 2 is 1.70 bits per heavy atom. The summed E-state index contributed by atoms with van der Waals surface area (Å²) >= 11 is 0. The lowest BCUT2D eigenvalue weighted by Gasteiger charge is -2.31. The SMILES string of the molecule is Nc1ncnn2c(C3CCN(C4CC4)CC3)cc(-c3ccc(NC(=O)Nc4cc(C(F)(F)F)ccc4F)cc3)c12. The summed E-state index contributed by atoms with van der Waals surface area (Å²) < 4.78 is 54.8. The van der Waals surface area contributed by atoms with E-state index >= 15 is 0 Å². The van der Waals surface area contributed by atoms with Gasteiger partial charge in [0.1, 0.15) is 17.7 Å². The Labute approximate surface area is 227 Å². The van der Waals surface area contributed by atoms with E-state index in [2.05, 4.69) is 31.7 Å². The number of nitrogens with two attached hydrogens (primary N) is 1. The van der Waals surface area contributed by atoms with E-state index in [4.69, 9.17) is 5.73 Å². The highest BCUT2D eigenvalue weighted by Crippen LogP contribution is 2.39. The van der Waals surface area contributed by atoms with Crippen molar-refractivity contribution in [2.24, 2.45) is 0 Å². The number of nitrogens with zero attached hydrogens (tertiary/aromatic N) is 4. The lowest BCUT2D eigenvalue weighted by molar-refractivity contribution is -0.137. The van der Waals surface area contributed by atoms with Crippen molar-refractivity contribution in [1.29, 1.82) is 0 Å². The van der Waals surface area contributed by atoms with Crippen LogP contribution in [0.4, 0.5) is 39.5 Å². The van der Waals surface area contributed by atoms with Crippen LogP contribution >= 0.6 is 0 Å². The maximum atomic E-state index is 14.0. The van der Waals surface area contributed by atoms with Crippen LogP contribution in [0.3, 0.4) is 0 Å². The average molecular weight is 554 g/mol. The van der Waals surface area contributed by atoms with Crippen LogP contribution in [0.1, 0.15) is 42.9 Å². The van der Waals surface area contributed by atoms with Gasteiger partial charge < -0.3 is 21.3 Å². The molecule has 4 aromatic rings. The second kappa shape index (κ2) is 10.1. The van der Waals surface area contributed by atoms with Gasteiger partial charge in [0.25, 0.3) is 0 Å². The Kier molecular flexibility index (Phi) is 6.57. The van der Waals surface area contributed by atoms with E-state index < -0.39 is 29.3 Å². The molecule has 2 aliphatic rings. The zero-order chi connectivity index (χ0) is 28.0. The molecule has 8 nitrogen and oxygen atoms in total. The van der Waals surface area contributed by atoms with Crippen LogP contribution in [0.2, 0.25) is 0 Å². The molecule has 0 unspecified atom stereocenters. The van der Waals surface area contributed by atoms with Crippen LogP contribution in [0, 0.1) is 5.82 Å². The van der Waals surface area contributed by atoms with Gasteiger partial charge in [0, 0.05) is 28.9 Å². The quantitative estimate of drug-likeness (QED) is 0.259. The number of hydrogen-bond acceptors (Lipinski definition) is 5. The summed E-state index contributed by atoms with van der Waals surface area (Å²) in [6.45, 7) is 2.12. The molecule has 208 valence electrons. The normalized spacial score (nSPS) is 16.8. The molecule has 2 fully saturated rings. The molecule has 6 rings (SSSR count). The lowest BCUT2D eigenvalue weighted by atomic mass is 9.93. The summed E-state index contributed by atoms with van der Waals surface area (Å²) in [5, 5.41) is 9.16. The number of aromatic nitrogens is 3. The fourth-order valence-corrected chi connectivity index (χ4v) is 5.42. The van der Waals surface area contributed by atoms with Crippen LogP contribution in [0.5, 0.6) is 0 Å². The first-order valence-electron chi connectivity index (χ1n) is 13.1. The van der Waals surface area contributed by atoms with Gasteiger partial charge in [0.05, 0.1) is 11.3 Å². The van der Waals surface area contributed by atoms with Gasteiger partial charge in [-0.05, 0) is 80.7 Å². The van der Waals surface area contributed by atoms with Crippen LogP contribution in [0.15, 0.2) is 54.9 Å². The molecule has 4 N–H and O–H groups in total. The maximum absolute atomic E-state index is 14.0. The number of urea groups is 1. The first-order valence-corrected chi connectivity index (χ1v) is 13.1. The number of benzene rings is 2. The number of piperidine rings is 1. The Morgan fingerprint density at radius 1 is 0.975 bits per heavy atom. The number of carbonyl (C=O) groups excluding carboxylic acids is 1. The van der Waals surface area contributed by atoms with E-state index in [1.807, 2.05) is 4.52 Å². The number of fused-ring (bicyclic) bond motifs is 1.